The number of rotatable bonds is 4. The lowest BCUT2D eigenvalue weighted by Crippen LogP contribution is -2.52. The van der Waals surface area contributed by atoms with E-state index in [1.54, 1.807) is 0 Å². The summed E-state index contributed by atoms with van der Waals surface area (Å²) in [4.78, 5) is 17.5. The van der Waals surface area contributed by atoms with Crippen LogP contribution in [-0.2, 0) is 11.3 Å². The van der Waals surface area contributed by atoms with Gasteiger partial charge in [-0.1, -0.05) is 37.3 Å². The van der Waals surface area contributed by atoms with Gasteiger partial charge in [-0.25, -0.2) is 0 Å². The number of piperidine rings is 2. The van der Waals surface area contributed by atoms with E-state index in [9.17, 15) is 4.79 Å². The first-order valence-electron chi connectivity index (χ1n) is 9.44. The Morgan fingerprint density at radius 2 is 1.73 bits per heavy atom. The van der Waals surface area contributed by atoms with Crippen molar-refractivity contribution in [2.24, 2.45) is 17.6 Å². The van der Waals surface area contributed by atoms with E-state index in [4.69, 9.17) is 5.73 Å². The molecule has 1 amide bonds. The molecule has 148 valence electrons. The summed E-state index contributed by atoms with van der Waals surface area (Å²) in [6.07, 6.45) is 4.15. The minimum absolute atomic E-state index is 0. The summed E-state index contributed by atoms with van der Waals surface area (Å²) in [5.41, 5.74) is 7.29. The van der Waals surface area contributed by atoms with Gasteiger partial charge in [0.15, 0.2) is 0 Å². The lowest BCUT2D eigenvalue weighted by Gasteiger charge is -2.41. The average Bonchev–Trinajstić information content (AvgIpc) is 2.62. The highest BCUT2D eigenvalue weighted by Crippen LogP contribution is 2.27. The first kappa shape index (κ1) is 23.2. The maximum atomic E-state index is 12.9. The van der Waals surface area contributed by atoms with Crippen molar-refractivity contribution >= 4 is 30.7 Å². The molecule has 2 heterocycles. The SMILES string of the molecule is CC1CCN(C(=O)C2CCN(Cc3ccccc3)CC2)C(CN)C1.Cl.Cl. The number of amides is 1. The van der Waals surface area contributed by atoms with Crippen molar-refractivity contribution in [1.29, 1.82) is 0 Å². The van der Waals surface area contributed by atoms with Crippen LogP contribution in [0.25, 0.3) is 0 Å². The number of nitrogens with two attached hydrogens (primary N) is 1. The number of nitrogens with zero attached hydrogens (tertiary/aromatic N) is 2. The predicted octanol–water partition coefficient (Wildman–Crippen LogP) is 3.33. The first-order chi connectivity index (χ1) is 11.7. The van der Waals surface area contributed by atoms with Crippen molar-refractivity contribution < 1.29 is 4.79 Å². The molecule has 2 aliphatic rings. The summed E-state index contributed by atoms with van der Waals surface area (Å²) in [6, 6.07) is 10.9. The average molecular weight is 402 g/mol. The summed E-state index contributed by atoms with van der Waals surface area (Å²) in [6.45, 7) is 6.79. The van der Waals surface area contributed by atoms with Crippen molar-refractivity contribution in [3.8, 4) is 0 Å². The number of hydrogen-bond acceptors (Lipinski definition) is 3. The number of carbonyl (C=O) groups excluding carboxylic acids is 1. The third-order valence-corrected chi connectivity index (χ3v) is 5.72. The Morgan fingerprint density at radius 3 is 2.35 bits per heavy atom. The van der Waals surface area contributed by atoms with Crippen molar-refractivity contribution in [2.75, 3.05) is 26.2 Å². The molecule has 2 unspecified atom stereocenters. The van der Waals surface area contributed by atoms with E-state index in [1.807, 2.05) is 0 Å². The first-order valence-corrected chi connectivity index (χ1v) is 9.44. The number of benzene rings is 1. The van der Waals surface area contributed by atoms with Crippen molar-refractivity contribution in [2.45, 2.75) is 45.2 Å². The minimum atomic E-state index is 0. The van der Waals surface area contributed by atoms with Crippen LogP contribution in [0.1, 0.15) is 38.2 Å². The highest BCUT2D eigenvalue weighted by atomic mass is 35.5. The molecule has 0 saturated carbocycles. The van der Waals surface area contributed by atoms with Gasteiger partial charge in [0.25, 0.3) is 0 Å². The van der Waals surface area contributed by atoms with Crippen LogP contribution < -0.4 is 5.73 Å². The molecule has 0 spiro atoms. The van der Waals surface area contributed by atoms with E-state index >= 15 is 0 Å². The zero-order valence-electron chi connectivity index (χ0n) is 15.7. The fourth-order valence-electron chi connectivity index (χ4n) is 4.18. The molecule has 1 aromatic carbocycles. The molecule has 4 nitrogen and oxygen atoms in total. The van der Waals surface area contributed by atoms with Gasteiger partial charge >= 0.3 is 0 Å². The largest absolute Gasteiger partial charge is 0.338 e. The quantitative estimate of drug-likeness (QED) is 0.841. The van der Waals surface area contributed by atoms with E-state index in [2.05, 4.69) is 47.1 Å². The van der Waals surface area contributed by atoms with E-state index in [1.165, 1.54) is 5.56 Å². The Morgan fingerprint density at radius 1 is 1.08 bits per heavy atom. The van der Waals surface area contributed by atoms with Crippen LogP contribution in [-0.4, -0.2) is 47.9 Å². The normalized spacial score (nSPS) is 24.5. The maximum absolute atomic E-state index is 12.9. The van der Waals surface area contributed by atoms with Crippen LogP contribution in [0.5, 0.6) is 0 Å². The molecule has 2 fully saturated rings. The third kappa shape index (κ3) is 5.85. The van der Waals surface area contributed by atoms with Crippen LogP contribution in [0, 0.1) is 11.8 Å². The molecule has 2 N–H and O–H groups in total. The topological polar surface area (TPSA) is 49.6 Å². The summed E-state index contributed by atoms with van der Waals surface area (Å²) in [5.74, 6) is 1.24. The van der Waals surface area contributed by atoms with Gasteiger partial charge in [0.2, 0.25) is 5.91 Å². The van der Waals surface area contributed by atoms with Gasteiger partial charge in [0, 0.05) is 31.6 Å². The number of likely N-dealkylation sites (tertiary alicyclic amines) is 2. The van der Waals surface area contributed by atoms with Crippen LogP contribution in [0.3, 0.4) is 0 Å². The summed E-state index contributed by atoms with van der Waals surface area (Å²) >= 11 is 0. The van der Waals surface area contributed by atoms with Crippen LogP contribution in [0.15, 0.2) is 30.3 Å². The van der Waals surface area contributed by atoms with Gasteiger partial charge in [-0.15, -0.1) is 24.8 Å². The van der Waals surface area contributed by atoms with Gasteiger partial charge in [-0.3, -0.25) is 9.69 Å². The standard InChI is InChI=1S/C20H31N3O.2ClH/c1-16-7-12-23(19(13-16)14-21)20(24)18-8-10-22(11-9-18)15-17-5-3-2-4-6-17;;/h2-6,16,18-19H,7-15,21H2,1H3;2*1H. The Balaban J connectivity index is 0.00000169. The second-order valence-corrected chi connectivity index (χ2v) is 7.59. The van der Waals surface area contributed by atoms with Gasteiger partial charge in [0.05, 0.1) is 0 Å². The van der Waals surface area contributed by atoms with E-state index in [0.29, 0.717) is 18.4 Å². The highest BCUT2D eigenvalue weighted by molar-refractivity contribution is 5.85. The van der Waals surface area contributed by atoms with Gasteiger partial charge in [-0.05, 0) is 50.3 Å². The van der Waals surface area contributed by atoms with E-state index < -0.39 is 0 Å². The molecule has 2 atom stereocenters. The molecule has 0 bridgehead atoms. The molecule has 0 radical (unpaired) electrons. The smallest absolute Gasteiger partial charge is 0.226 e. The molecule has 6 heteroatoms. The zero-order chi connectivity index (χ0) is 16.9. The minimum Gasteiger partial charge on any atom is -0.338 e. The maximum Gasteiger partial charge on any atom is 0.226 e. The third-order valence-electron chi connectivity index (χ3n) is 5.72. The van der Waals surface area contributed by atoms with E-state index in [0.717, 1.165) is 51.9 Å². The second-order valence-electron chi connectivity index (χ2n) is 7.59. The fourth-order valence-corrected chi connectivity index (χ4v) is 4.18. The molecule has 26 heavy (non-hydrogen) atoms. The molecule has 3 rings (SSSR count). The number of hydrogen-bond donors (Lipinski definition) is 1. The van der Waals surface area contributed by atoms with Crippen molar-refractivity contribution in [3.05, 3.63) is 35.9 Å². The molecular weight excluding hydrogens is 369 g/mol. The van der Waals surface area contributed by atoms with Gasteiger partial charge < -0.3 is 10.6 Å². The lowest BCUT2D eigenvalue weighted by molar-refractivity contribution is -0.141. The monoisotopic (exact) mass is 401 g/mol. The summed E-state index contributed by atoms with van der Waals surface area (Å²) in [7, 11) is 0. The molecule has 2 aliphatic heterocycles. The zero-order valence-corrected chi connectivity index (χ0v) is 17.3. The van der Waals surface area contributed by atoms with Crippen molar-refractivity contribution in [1.82, 2.24) is 9.80 Å². The molecule has 2 saturated heterocycles. The van der Waals surface area contributed by atoms with E-state index in [-0.39, 0.29) is 36.8 Å². The predicted molar refractivity (Wildman–Crippen MR) is 112 cm³/mol. The van der Waals surface area contributed by atoms with Crippen LogP contribution in [0.2, 0.25) is 0 Å². The van der Waals surface area contributed by atoms with Crippen molar-refractivity contribution in [3.63, 3.8) is 0 Å². The Bertz CT molecular complexity index is 535. The lowest BCUT2D eigenvalue weighted by atomic mass is 9.89. The molecular formula is C20H33Cl2N3O. The summed E-state index contributed by atoms with van der Waals surface area (Å²) in [5, 5.41) is 0. The summed E-state index contributed by atoms with van der Waals surface area (Å²) < 4.78 is 0. The molecule has 0 aromatic heterocycles. The Kier molecular flexibility index (Phi) is 9.94. The second kappa shape index (κ2) is 11.1. The molecule has 0 aliphatic carbocycles. The van der Waals surface area contributed by atoms with Gasteiger partial charge in [-0.2, -0.15) is 0 Å². The van der Waals surface area contributed by atoms with Gasteiger partial charge in [0.1, 0.15) is 0 Å². The van der Waals surface area contributed by atoms with Crippen LogP contribution >= 0.6 is 24.8 Å². The Hall–Kier alpha value is -0.810. The number of carbonyl (C=O) groups is 1. The fraction of sp³-hybridized carbons (Fsp3) is 0.650. The molecule has 1 aromatic rings. The highest BCUT2D eigenvalue weighted by Gasteiger charge is 2.34. The number of halogens is 2. The van der Waals surface area contributed by atoms with Crippen LogP contribution in [0.4, 0.5) is 0 Å². The Labute approximate surface area is 170 Å².